The molecule has 1 unspecified atom stereocenters. The van der Waals surface area contributed by atoms with Gasteiger partial charge in [-0.25, -0.2) is 4.39 Å². The van der Waals surface area contributed by atoms with E-state index in [4.69, 9.17) is 0 Å². The molecule has 1 atom stereocenters. The van der Waals surface area contributed by atoms with Crippen molar-refractivity contribution < 1.29 is 4.39 Å². The molecule has 17 heavy (non-hydrogen) atoms. The van der Waals surface area contributed by atoms with Gasteiger partial charge in [-0.05, 0) is 49.8 Å². The number of aromatic nitrogens is 1. The first-order valence-electron chi connectivity index (χ1n) is 6.67. The van der Waals surface area contributed by atoms with Gasteiger partial charge in [0.25, 0.3) is 0 Å². The quantitative estimate of drug-likeness (QED) is 0.851. The van der Waals surface area contributed by atoms with Gasteiger partial charge in [-0.3, -0.25) is 4.98 Å². The summed E-state index contributed by atoms with van der Waals surface area (Å²) < 4.78 is 13.4. The molecule has 2 heterocycles. The van der Waals surface area contributed by atoms with Crippen LogP contribution in [0.25, 0.3) is 0 Å². The van der Waals surface area contributed by atoms with Gasteiger partial charge in [-0.1, -0.05) is 12.8 Å². The van der Waals surface area contributed by atoms with Crippen LogP contribution in [0.2, 0.25) is 0 Å². The molecule has 1 saturated carbocycles. The van der Waals surface area contributed by atoms with Gasteiger partial charge in [0.2, 0.25) is 0 Å². The molecule has 2 fully saturated rings. The number of nitrogens with one attached hydrogen (secondary N) is 1. The van der Waals surface area contributed by atoms with Crippen LogP contribution >= 0.6 is 0 Å². The summed E-state index contributed by atoms with van der Waals surface area (Å²) in [6.07, 6.45) is 10.6. The van der Waals surface area contributed by atoms with E-state index in [-0.39, 0.29) is 11.4 Å². The van der Waals surface area contributed by atoms with Crippen molar-refractivity contribution in [2.45, 2.75) is 44.1 Å². The third-order valence-electron chi connectivity index (χ3n) is 4.18. The molecule has 92 valence electrons. The van der Waals surface area contributed by atoms with Gasteiger partial charge in [0.15, 0.2) is 0 Å². The van der Waals surface area contributed by atoms with Crippen LogP contribution in [0.3, 0.4) is 0 Å². The molecule has 3 rings (SSSR count). The summed E-state index contributed by atoms with van der Waals surface area (Å²) in [5.74, 6) is 0.470. The van der Waals surface area contributed by atoms with Crippen LogP contribution in [0.1, 0.15) is 44.1 Å². The molecule has 1 saturated heterocycles. The maximum atomic E-state index is 13.4. The third-order valence-corrected chi connectivity index (χ3v) is 4.18. The van der Waals surface area contributed by atoms with E-state index in [2.05, 4.69) is 10.3 Å². The molecule has 0 aromatic carbocycles. The first kappa shape index (κ1) is 11.1. The molecule has 1 aromatic heterocycles. The predicted octanol–water partition coefficient (Wildman–Crippen LogP) is 2.99. The van der Waals surface area contributed by atoms with E-state index in [1.54, 1.807) is 6.07 Å². The van der Waals surface area contributed by atoms with Gasteiger partial charge in [-0.15, -0.1) is 0 Å². The zero-order valence-electron chi connectivity index (χ0n) is 10.1. The van der Waals surface area contributed by atoms with E-state index in [9.17, 15) is 4.39 Å². The molecule has 1 aromatic rings. The molecular weight excluding hydrogens is 215 g/mol. The van der Waals surface area contributed by atoms with E-state index in [0.717, 1.165) is 18.5 Å². The highest BCUT2D eigenvalue weighted by molar-refractivity contribution is 5.25. The number of hydrogen-bond donors (Lipinski definition) is 1. The molecule has 1 aliphatic heterocycles. The Labute approximate surface area is 102 Å². The van der Waals surface area contributed by atoms with Gasteiger partial charge in [0.1, 0.15) is 5.82 Å². The Balaban J connectivity index is 1.97. The van der Waals surface area contributed by atoms with E-state index in [1.165, 1.54) is 38.3 Å². The van der Waals surface area contributed by atoms with Crippen LogP contribution in [0.15, 0.2) is 18.5 Å². The minimum Gasteiger partial charge on any atom is -0.307 e. The van der Waals surface area contributed by atoms with Crippen LogP contribution in [-0.2, 0) is 5.54 Å². The number of hydrogen-bond acceptors (Lipinski definition) is 2. The Morgan fingerprint density at radius 2 is 2.12 bits per heavy atom. The summed E-state index contributed by atoms with van der Waals surface area (Å²) in [4.78, 5) is 4.03. The summed E-state index contributed by atoms with van der Waals surface area (Å²) in [5, 5.41) is 3.69. The fourth-order valence-corrected chi connectivity index (χ4v) is 3.17. The molecule has 2 nitrogen and oxygen atoms in total. The standard InChI is InChI=1S/C14H19FN2/c15-13-8-12(9-16-10-13)14(11-4-5-11)6-2-1-3-7-17-14/h8-11,17H,1-7H2. The van der Waals surface area contributed by atoms with Crippen LogP contribution in [-0.4, -0.2) is 11.5 Å². The zero-order chi connectivity index (χ0) is 11.7. The minimum absolute atomic E-state index is 0.00556. The summed E-state index contributed by atoms with van der Waals surface area (Å²) in [6, 6.07) is 1.67. The lowest BCUT2D eigenvalue weighted by Crippen LogP contribution is -2.44. The summed E-state index contributed by atoms with van der Waals surface area (Å²) in [6.45, 7) is 1.05. The molecule has 0 bridgehead atoms. The minimum atomic E-state index is -0.214. The number of nitrogens with zero attached hydrogens (tertiary/aromatic N) is 1. The smallest absolute Gasteiger partial charge is 0.141 e. The summed E-state index contributed by atoms with van der Waals surface area (Å²) >= 11 is 0. The maximum absolute atomic E-state index is 13.4. The molecule has 3 heteroatoms. The van der Waals surface area contributed by atoms with Gasteiger partial charge in [0.05, 0.1) is 6.20 Å². The molecule has 0 amide bonds. The van der Waals surface area contributed by atoms with Crippen molar-refractivity contribution in [2.24, 2.45) is 5.92 Å². The maximum Gasteiger partial charge on any atom is 0.141 e. The number of halogens is 1. The van der Waals surface area contributed by atoms with Crippen molar-refractivity contribution in [3.8, 4) is 0 Å². The van der Waals surface area contributed by atoms with Crippen molar-refractivity contribution in [1.29, 1.82) is 0 Å². The second-order valence-electron chi connectivity index (χ2n) is 5.37. The third kappa shape index (κ3) is 2.08. The van der Waals surface area contributed by atoms with Crippen LogP contribution < -0.4 is 5.32 Å². The first-order chi connectivity index (χ1) is 8.31. The normalized spacial score (nSPS) is 29.9. The predicted molar refractivity (Wildman–Crippen MR) is 65.1 cm³/mol. The molecule has 1 N–H and O–H groups in total. The van der Waals surface area contributed by atoms with Crippen LogP contribution in [0, 0.1) is 11.7 Å². The van der Waals surface area contributed by atoms with E-state index in [0.29, 0.717) is 5.92 Å². The summed E-state index contributed by atoms with van der Waals surface area (Å²) in [7, 11) is 0. The van der Waals surface area contributed by atoms with Gasteiger partial charge >= 0.3 is 0 Å². The summed E-state index contributed by atoms with van der Waals surface area (Å²) in [5.41, 5.74) is 1.06. The van der Waals surface area contributed by atoms with Crippen molar-refractivity contribution >= 4 is 0 Å². The Bertz CT molecular complexity index is 393. The van der Waals surface area contributed by atoms with Crippen molar-refractivity contribution in [1.82, 2.24) is 10.3 Å². The van der Waals surface area contributed by atoms with Gasteiger partial charge in [-0.2, -0.15) is 0 Å². The topological polar surface area (TPSA) is 24.9 Å². The average Bonchev–Trinajstić information content (AvgIpc) is 3.16. The lowest BCUT2D eigenvalue weighted by Gasteiger charge is -2.34. The largest absolute Gasteiger partial charge is 0.307 e. The highest BCUT2D eigenvalue weighted by Gasteiger charge is 2.46. The first-order valence-corrected chi connectivity index (χ1v) is 6.67. The lowest BCUT2D eigenvalue weighted by atomic mass is 9.82. The van der Waals surface area contributed by atoms with Crippen molar-refractivity contribution in [3.63, 3.8) is 0 Å². The SMILES string of the molecule is Fc1cncc(C2(C3CC3)CCCCCN2)c1. The number of pyridine rings is 1. The van der Waals surface area contributed by atoms with Gasteiger partial charge < -0.3 is 5.32 Å². The van der Waals surface area contributed by atoms with E-state index in [1.807, 2.05) is 6.20 Å². The van der Waals surface area contributed by atoms with Crippen molar-refractivity contribution in [2.75, 3.05) is 6.54 Å². The van der Waals surface area contributed by atoms with Crippen molar-refractivity contribution in [3.05, 3.63) is 29.8 Å². The van der Waals surface area contributed by atoms with Crippen LogP contribution in [0.4, 0.5) is 4.39 Å². The molecule has 0 spiro atoms. The number of rotatable bonds is 2. The molecule has 2 aliphatic rings. The monoisotopic (exact) mass is 234 g/mol. The fourth-order valence-electron chi connectivity index (χ4n) is 3.17. The van der Waals surface area contributed by atoms with E-state index < -0.39 is 0 Å². The molecule has 0 radical (unpaired) electrons. The second kappa shape index (κ2) is 4.37. The Morgan fingerprint density at radius 3 is 2.88 bits per heavy atom. The zero-order valence-corrected chi connectivity index (χ0v) is 10.1. The highest BCUT2D eigenvalue weighted by atomic mass is 19.1. The lowest BCUT2D eigenvalue weighted by molar-refractivity contribution is 0.277. The highest BCUT2D eigenvalue weighted by Crippen LogP contribution is 2.49. The Hall–Kier alpha value is -0.960. The van der Waals surface area contributed by atoms with E-state index >= 15 is 0 Å². The second-order valence-corrected chi connectivity index (χ2v) is 5.37. The molecule has 1 aliphatic carbocycles. The molecular formula is C14H19FN2. The Morgan fingerprint density at radius 1 is 1.24 bits per heavy atom. The fraction of sp³-hybridized carbons (Fsp3) is 0.643. The van der Waals surface area contributed by atoms with Gasteiger partial charge in [0, 0.05) is 11.7 Å². The van der Waals surface area contributed by atoms with Crippen LogP contribution in [0.5, 0.6) is 0 Å². The Kier molecular flexibility index (Phi) is 2.87. The average molecular weight is 234 g/mol.